The van der Waals surface area contributed by atoms with Gasteiger partial charge in [0.15, 0.2) is 12.2 Å². The summed E-state index contributed by atoms with van der Waals surface area (Å²) >= 11 is 0. The molecule has 16 N–H and O–H groups in total. The van der Waals surface area contributed by atoms with Crippen molar-refractivity contribution in [2.75, 3.05) is 33.4 Å². The molecule has 0 aromatic heterocycles. The highest BCUT2D eigenvalue weighted by Gasteiger charge is 2.55. The number of hydrogen-bond donors (Lipinski definition) is 13. The molecule has 0 radical (unpaired) electrons. The van der Waals surface area contributed by atoms with Crippen molar-refractivity contribution in [2.45, 2.75) is 111 Å². The maximum Gasteiger partial charge on any atom is 0.252 e. The Morgan fingerprint density at radius 3 is 2.53 bits per heavy atom. The SMILES string of the molecule is CN[C@@H]1[C@@H](O)[C@@H](O[C@H]2[C@H](NC(=O)C3(O)CC(NC(=N)N)C3)C[C@H](N)C([C@H]3OC(CNCCCO)=CC[C@H]3N)[C@@H]2O)OC[C@]1(C)O. The molecular formula is C28H52N8O9. The number of likely N-dealkylation sites (N-methyl/N-ethyl adjacent to an activating group) is 1. The monoisotopic (exact) mass is 644 g/mol. The second-order valence-corrected chi connectivity index (χ2v) is 13.0. The molecule has 1 amide bonds. The number of ether oxygens (including phenoxy) is 3. The Labute approximate surface area is 262 Å². The van der Waals surface area contributed by atoms with Crippen LogP contribution in [0.3, 0.4) is 0 Å². The number of aliphatic hydroxyl groups is 5. The second-order valence-electron chi connectivity index (χ2n) is 13.0. The average Bonchev–Trinajstić information content (AvgIpc) is 2.94. The van der Waals surface area contributed by atoms with Crippen LogP contribution in [0.25, 0.3) is 0 Å². The lowest BCUT2D eigenvalue weighted by Crippen LogP contribution is -2.71. The van der Waals surface area contributed by atoms with Crippen LogP contribution in [0.4, 0.5) is 0 Å². The normalized spacial score (nSPS) is 43.4. The summed E-state index contributed by atoms with van der Waals surface area (Å²) in [6.07, 6.45) is -2.83. The lowest BCUT2D eigenvalue weighted by molar-refractivity contribution is -0.297. The smallest absolute Gasteiger partial charge is 0.252 e. The van der Waals surface area contributed by atoms with Crippen molar-refractivity contribution in [1.29, 1.82) is 5.41 Å². The average molecular weight is 645 g/mol. The summed E-state index contributed by atoms with van der Waals surface area (Å²) in [5.41, 5.74) is 15.3. The highest BCUT2D eigenvalue weighted by atomic mass is 16.7. The first-order valence-electron chi connectivity index (χ1n) is 15.6. The predicted octanol–water partition coefficient (Wildman–Crippen LogP) is -5.03. The van der Waals surface area contributed by atoms with E-state index in [1.165, 1.54) is 6.92 Å². The van der Waals surface area contributed by atoms with E-state index in [1.807, 2.05) is 6.08 Å². The Morgan fingerprint density at radius 1 is 1.18 bits per heavy atom. The van der Waals surface area contributed by atoms with Crippen molar-refractivity contribution in [3.05, 3.63) is 11.8 Å². The lowest BCUT2D eigenvalue weighted by atomic mass is 9.71. The number of nitrogens with two attached hydrogens (primary N) is 3. The predicted molar refractivity (Wildman–Crippen MR) is 161 cm³/mol. The van der Waals surface area contributed by atoms with Crippen molar-refractivity contribution >= 4 is 11.9 Å². The fourth-order valence-corrected chi connectivity index (χ4v) is 6.94. The Balaban J connectivity index is 1.53. The molecule has 0 bridgehead atoms. The first-order valence-corrected chi connectivity index (χ1v) is 15.6. The van der Waals surface area contributed by atoms with Crippen LogP contribution in [-0.2, 0) is 19.0 Å². The van der Waals surface area contributed by atoms with E-state index in [0.29, 0.717) is 31.7 Å². The summed E-state index contributed by atoms with van der Waals surface area (Å²) in [5, 5.41) is 72.6. The summed E-state index contributed by atoms with van der Waals surface area (Å²) in [4.78, 5) is 13.3. The van der Waals surface area contributed by atoms with E-state index >= 15 is 0 Å². The summed E-state index contributed by atoms with van der Waals surface area (Å²) in [6.45, 7) is 2.37. The van der Waals surface area contributed by atoms with Crippen molar-refractivity contribution in [1.82, 2.24) is 21.3 Å². The minimum absolute atomic E-state index is 0.0174. The summed E-state index contributed by atoms with van der Waals surface area (Å²) in [5.74, 6) is -1.10. The fraction of sp³-hybridized carbons (Fsp3) is 0.857. The molecule has 0 spiro atoms. The molecule has 0 aromatic carbocycles. The number of nitrogens with one attached hydrogen (secondary N) is 5. The molecule has 2 aliphatic carbocycles. The van der Waals surface area contributed by atoms with Crippen LogP contribution in [0.2, 0.25) is 0 Å². The molecule has 0 aromatic rings. The number of hydrogen-bond acceptors (Lipinski definition) is 14. The van der Waals surface area contributed by atoms with Gasteiger partial charge < -0.3 is 78.2 Å². The zero-order valence-electron chi connectivity index (χ0n) is 25.9. The highest BCUT2D eigenvalue weighted by molar-refractivity contribution is 5.87. The van der Waals surface area contributed by atoms with Gasteiger partial charge in [-0.15, -0.1) is 0 Å². The van der Waals surface area contributed by atoms with E-state index in [-0.39, 0.29) is 44.5 Å². The number of rotatable bonds is 12. The number of guanidine groups is 1. The van der Waals surface area contributed by atoms with Gasteiger partial charge in [0, 0.05) is 43.5 Å². The molecule has 4 aliphatic rings. The third-order valence-corrected chi connectivity index (χ3v) is 9.36. The van der Waals surface area contributed by atoms with Crippen LogP contribution >= 0.6 is 0 Å². The first kappa shape index (κ1) is 35.7. The maximum atomic E-state index is 13.3. The standard InChI is InChI=1S/C28H52N8O9/c1-27(41)12-43-24(20(39)23(27)33-2)45-22-17(36-25(40)28(42)9-13(10-28)35-26(31)32)8-16(30)18(19(22)38)21-15(29)5-4-14(44-21)11-34-6-3-7-37/h4,13,15-24,33-34,37-39,41-42H,3,5-12,29-30H2,1-2H3,(H,36,40)(H4,31,32,35)/t13?,15-,16+,17-,18?,19+,20-,21+,22+,23-,24-,27+,28?/m1/s1. The van der Waals surface area contributed by atoms with Crippen molar-refractivity contribution in [3.63, 3.8) is 0 Å². The molecule has 3 fully saturated rings. The summed E-state index contributed by atoms with van der Waals surface area (Å²) in [7, 11) is 1.58. The van der Waals surface area contributed by atoms with Gasteiger partial charge in [0.2, 0.25) is 0 Å². The Morgan fingerprint density at radius 2 is 1.89 bits per heavy atom. The summed E-state index contributed by atoms with van der Waals surface area (Å²) in [6, 6.07) is -3.31. The molecule has 258 valence electrons. The zero-order valence-corrected chi connectivity index (χ0v) is 25.9. The topological polar surface area (TPSA) is 296 Å². The molecule has 1 saturated heterocycles. The van der Waals surface area contributed by atoms with Crippen LogP contribution in [0.1, 0.15) is 39.0 Å². The van der Waals surface area contributed by atoms with Crippen LogP contribution < -0.4 is 38.5 Å². The number of aliphatic hydroxyl groups excluding tert-OH is 3. The molecule has 17 nitrogen and oxygen atoms in total. The van der Waals surface area contributed by atoms with Gasteiger partial charge in [-0.2, -0.15) is 0 Å². The second kappa shape index (κ2) is 14.7. The molecule has 2 saturated carbocycles. The molecule has 1 unspecified atom stereocenters. The minimum atomic E-state index is -1.74. The van der Waals surface area contributed by atoms with E-state index in [9.17, 15) is 25.2 Å². The molecule has 45 heavy (non-hydrogen) atoms. The van der Waals surface area contributed by atoms with Gasteiger partial charge in [-0.05, 0) is 45.9 Å². The van der Waals surface area contributed by atoms with E-state index in [2.05, 4.69) is 21.3 Å². The van der Waals surface area contributed by atoms with E-state index in [1.54, 1.807) is 7.05 Å². The van der Waals surface area contributed by atoms with Gasteiger partial charge in [0.1, 0.15) is 35.3 Å². The van der Waals surface area contributed by atoms with Gasteiger partial charge in [0.25, 0.3) is 5.91 Å². The third kappa shape index (κ3) is 8.05. The summed E-state index contributed by atoms with van der Waals surface area (Å²) < 4.78 is 18.2. The van der Waals surface area contributed by atoms with Crippen molar-refractivity contribution in [2.24, 2.45) is 23.1 Å². The highest BCUT2D eigenvalue weighted by Crippen LogP contribution is 2.38. The molecule has 17 heteroatoms. The Bertz CT molecular complexity index is 1060. The van der Waals surface area contributed by atoms with E-state index in [4.69, 9.17) is 41.9 Å². The quantitative estimate of drug-likeness (QED) is 0.0537. The van der Waals surface area contributed by atoms with Gasteiger partial charge in [-0.3, -0.25) is 10.2 Å². The molecular weight excluding hydrogens is 592 g/mol. The minimum Gasteiger partial charge on any atom is -0.492 e. The van der Waals surface area contributed by atoms with E-state index in [0.717, 1.165) is 0 Å². The van der Waals surface area contributed by atoms with Crippen LogP contribution in [0.15, 0.2) is 11.8 Å². The van der Waals surface area contributed by atoms with Gasteiger partial charge in [-0.25, -0.2) is 0 Å². The van der Waals surface area contributed by atoms with Crippen LogP contribution in [0.5, 0.6) is 0 Å². The van der Waals surface area contributed by atoms with Crippen molar-refractivity contribution < 1.29 is 44.5 Å². The maximum absolute atomic E-state index is 13.3. The van der Waals surface area contributed by atoms with Crippen molar-refractivity contribution in [3.8, 4) is 0 Å². The Hall–Kier alpha value is -2.16. The molecule has 4 rings (SSSR count). The van der Waals surface area contributed by atoms with E-state index < -0.39 is 77.9 Å². The lowest BCUT2D eigenvalue weighted by Gasteiger charge is -2.51. The largest absolute Gasteiger partial charge is 0.492 e. The number of amides is 1. The molecule has 2 aliphatic heterocycles. The first-order chi connectivity index (χ1) is 21.2. The Kier molecular flexibility index (Phi) is 11.7. The van der Waals surface area contributed by atoms with Crippen LogP contribution in [-0.4, -0.2) is 143 Å². The third-order valence-electron chi connectivity index (χ3n) is 9.36. The number of carbonyl (C=O) groups excluding carboxylic acids is 1. The molecule has 2 heterocycles. The van der Waals surface area contributed by atoms with Crippen LogP contribution in [0, 0.1) is 11.3 Å². The fourth-order valence-electron chi connectivity index (χ4n) is 6.94. The van der Waals surface area contributed by atoms with Gasteiger partial charge >= 0.3 is 0 Å². The van der Waals surface area contributed by atoms with Gasteiger partial charge in [0.05, 0.1) is 31.3 Å². The molecule has 11 atom stereocenters. The zero-order chi connectivity index (χ0) is 33.1. The number of carbonyl (C=O) groups is 1. The van der Waals surface area contributed by atoms with Gasteiger partial charge in [-0.1, -0.05) is 0 Å².